The first-order valence-corrected chi connectivity index (χ1v) is 7.16. The van der Waals surface area contributed by atoms with Gasteiger partial charge in [0.15, 0.2) is 0 Å². The van der Waals surface area contributed by atoms with Gasteiger partial charge in [0.25, 0.3) is 0 Å². The fourth-order valence-electron chi connectivity index (χ4n) is 1.55. The monoisotopic (exact) mass is 313 g/mol. The number of rotatable bonds is 6. The molecule has 100 valence electrons. The molecule has 0 spiro atoms. The van der Waals surface area contributed by atoms with Crippen LogP contribution in [-0.4, -0.2) is 36.3 Å². The van der Waals surface area contributed by atoms with Gasteiger partial charge >= 0.3 is 0 Å². The lowest BCUT2D eigenvalue weighted by atomic mass is 10.1. The molecule has 0 fully saturated rings. The number of likely N-dealkylation sites (N-methyl/N-ethyl adjacent to an activating group) is 1. The second-order valence-corrected chi connectivity index (χ2v) is 5.16. The molecule has 0 saturated heterocycles. The second kappa shape index (κ2) is 7.41. The molecule has 0 aliphatic rings. The van der Waals surface area contributed by atoms with Crippen LogP contribution in [0.15, 0.2) is 18.2 Å². The summed E-state index contributed by atoms with van der Waals surface area (Å²) in [4.78, 5) is 13.2. The third kappa shape index (κ3) is 4.69. The van der Waals surface area contributed by atoms with E-state index in [2.05, 4.69) is 22.0 Å². The first kappa shape index (κ1) is 15.0. The maximum Gasteiger partial charge on any atom is 0.223 e. The van der Waals surface area contributed by atoms with Crippen molar-refractivity contribution in [3.63, 3.8) is 0 Å². The Bertz CT molecular complexity index is 407. The van der Waals surface area contributed by atoms with Gasteiger partial charge < -0.3 is 9.64 Å². The van der Waals surface area contributed by atoms with E-state index in [0.717, 1.165) is 11.3 Å². The zero-order valence-electron chi connectivity index (χ0n) is 11.2. The summed E-state index contributed by atoms with van der Waals surface area (Å²) in [6.07, 6.45) is 0.528. The van der Waals surface area contributed by atoms with Gasteiger partial charge in [0.2, 0.25) is 5.91 Å². The SMILES string of the molecule is Cc1ccc(C)c(OCCN(C)C(=O)CCBr)c1. The van der Waals surface area contributed by atoms with E-state index in [-0.39, 0.29) is 5.91 Å². The standard InChI is InChI=1S/C14H20BrNO2/c1-11-4-5-12(2)13(10-11)18-9-8-16(3)14(17)6-7-15/h4-5,10H,6-9H2,1-3H3. The summed E-state index contributed by atoms with van der Waals surface area (Å²) < 4.78 is 5.71. The predicted octanol–water partition coefficient (Wildman–Crippen LogP) is 2.93. The number of carbonyl (C=O) groups excluding carboxylic acids is 1. The van der Waals surface area contributed by atoms with Crippen molar-refractivity contribution in [2.75, 3.05) is 25.5 Å². The molecule has 3 nitrogen and oxygen atoms in total. The summed E-state index contributed by atoms with van der Waals surface area (Å²) in [6.45, 7) is 5.19. The van der Waals surface area contributed by atoms with Crippen LogP contribution >= 0.6 is 15.9 Å². The van der Waals surface area contributed by atoms with Crippen molar-refractivity contribution in [2.24, 2.45) is 0 Å². The molecule has 1 aromatic rings. The molecular weight excluding hydrogens is 294 g/mol. The van der Waals surface area contributed by atoms with Crippen molar-refractivity contribution in [2.45, 2.75) is 20.3 Å². The molecule has 18 heavy (non-hydrogen) atoms. The average Bonchev–Trinajstić information content (AvgIpc) is 2.33. The first-order valence-electron chi connectivity index (χ1n) is 6.04. The molecule has 4 heteroatoms. The summed E-state index contributed by atoms with van der Waals surface area (Å²) in [5.41, 5.74) is 2.30. The Morgan fingerprint density at radius 2 is 2.11 bits per heavy atom. The summed E-state index contributed by atoms with van der Waals surface area (Å²) in [7, 11) is 1.80. The number of hydrogen-bond acceptors (Lipinski definition) is 2. The number of aryl methyl sites for hydroxylation is 2. The highest BCUT2D eigenvalue weighted by Gasteiger charge is 2.07. The maximum atomic E-state index is 11.5. The molecule has 0 radical (unpaired) electrons. The van der Waals surface area contributed by atoms with Crippen LogP contribution in [0.25, 0.3) is 0 Å². The smallest absolute Gasteiger partial charge is 0.223 e. The van der Waals surface area contributed by atoms with Gasteiger partial charge in [0, 0.05) is 18.8 Å². The molecule has 1 rings (SSSR count). The summed E-state index contributed by atoms with van der Waals surface area (Å²) >= 11 is 3.26. The molecule has 1 aromatic carbocycles. The van der Waals surface area contributed by atoms with E-state index >= 15 is 0 Å². The van der Waals surface area contributed by atoms with E-state index in [1.165, 1.54) is 5.56 Å². The zero-order valence-corrected chi connectivity index (χ0v) is 12.8. The molecule has 0 heterocycles. The quantitative estimate of drug-likeness (QED) is 0.756. The maximum absolute atomic E-state index is 11.5. The van der Waals surface area contributed by atoms with E-state index in [1.807, 2.05) is 26.0 Å². The van der Waals surface area contributed by atoms with Crippen molar-refractivity contribution < 1.29 is 9.53 Å². The Labute approximate surface area is 117 Å². The van der Waals surface area contributed by atoms with Crippen molar-refractivity contribution in [3.05, 3.63) is 29.3 Å². The van der Waals surface area contributed by atoms with Crippen LogP contribution in [0, 0.1) is 13.8 Å². The average molecular weight is 314 g/mol. The van der Waals surface area contributed by atoms with Crippen LogP contribution in [0.3, 0.4) is 0 Å². The third-order valence-corrected chi connectivity index (χ3v) is 3.16. The largest absolute Gasteiger partial charge is 0.491 e. The molecule has 0 aliphatic carbocycles. The van der Waals surface area contributed by atoms with Gasteiger partial charge in [-0.1, -0.05) is 28.1 Å². The van der Waals surface area contributed by atoms with Gasteiger partial charge in [0.05, 0.1) is 6.54 Å². The number of hydrogen-bond donors (Lipinski definition) is 0. The van der Waals surface area contributed by atoms with E-state index in [1.54, 1.807) is 11.9 Å². The number of ether oxygens (including phenoxy) is 1. The van der Waals surface area contributed by atoms with E-state index in [9.17, 15) is 4.79 Å². The normalized spacial score (nSPS) is 10.2. The van der Waals surface area contributed by atoms with Gasteiger partial charge in [-0.3, -0.25) is 4.79 Å². The number of benzene rings is 1. The molecule has 0 bridgehead atoms. The fraction of sp³-hybridized carbons (Fsp3) is 0.500. The van der Waals surface area contributed by atoms with Crippen LogP contribution in [0.4, 0.5) is 0 Å². The zero-order chi connectivity index (χ0) is 13.5. The Morgan fingerprint density at radius 3 is 2.78 bits per heavy atom. The summed E-state index contributed by atoms with van der Waals surface area (Å²) in [6, 6.07) is 6.13. The Morgan fingerprint density at radius 1 is 1.39 bits per heavy atom. The Hall–Kier alpha value is -1.03. The van der Waals surface area contributed by atoms with Crippen LogP contribution in [0.5, 0.6) is 5.75 Å². The molecule has 0 unspecified atom stereocenters. The van der Waals surface area contributed by atoms with Crippen molar-refractivity contribution in [1.82, 2.24) is 4.90 Å². The molecule has 1 amide bonds. The topological polar surface area (TPSA) is 29.5 Å². The lowest BCUT2D eigenvalue weighted by molar-refractivity contribution is -0.129. The first-order chi connectivity index (χ1) is 8.54. The third-order valence-electron chi connectivity index (χ3n) is 2.76. The second-order valence-electron chi connectivity index (χ2n) is 4.37. The number of halogens is 1. The lowest BCUT2D eigenvalue weighted by Crippen LogP contribution is -2.30. The molecule has 0 atom stereocenters. The van der Waals surface area contributed by atoms with Gasteiger partial charge in [-0.25, -0.2) is 0 Å². The van der Waals surface area contributed by atoms with Gasteiger partial charge in [-0.2, -0.15) is 0 Å². The van der Waals surface area contributed by atoms with Crippen LogP contribution < -0.4 is 4.74 Å². The van der Waals surface area contributed by atoms with E-state index in [0.29, 0.717) is 24.9 Å². The van der Waals surface area contributed by atoms with Crippen LogP contribution in [0.2, 0.25) is 0 Å². The number of alkyl halides is 1. The Kier molecular flexibility index (Phi) is 6.19. The van der Waals surface area contributed by atoms with E-state index < -0.39 is 0 Å². The highest BCUT2D eigenvalue weighted by molar-refractivity contribution is 9.09. The molecule has 0 saturated carbocycles. The van der Waals surface area contributed by atoms with Crippen molar-refractivity contribution in [1.29, 1.82) is 0 Å². The number of amides is 1. The minimum atomic E-state index is 0.136. The summed E-state index contributed by atoms with van der Waals surface area (Å²) in [5, 5.41) is 0.702. The molecule has 0 aromatic heterocycles. The highest BCUT2D eigenvalue weighted by Crippen LogP contribution is 2.18. The minimum Gasteiger partial charge on any atom is -0.491 e. The lowest BCUT2D eigenvalue weighted by Gasteiger charge is -2.17. The van der Waals surface area contributed by atoms with Crippen molar-refractivity contribution >= 4 is 21.8 Å². The van der Waals surface area contributed by atoms with Gasteiger partial charge in [-0.15, -0.1) is 0 Å². The number of nitrogens with zero attached hydrogens (tertiary/aromatic N) is 1. The fourth-order valence-corrected chi connectivity index (χ4v) is 1.89. The molecule has 0 aliphatic heterocycles. The van der Waals surface area contributed by atoms with Gasteiger partial charge in [-0.05, 0) is 31.0 Å². The predicted molar refractivity (Wildman–Crippen MR) is 77.5 cm³/mol. The minimum absolute atomic E-state index is 0.136. The number of carbonyl (C=O) groups is 1. The van der Waals surface area contributed by atoms with Crippen molar-refractivity contribution in [3.8, 4) is 5.75 Å². The van der Waals surface area contributed by atoms with Crippen LogP contribution in [0.1, 0.15) is 17.5 Å². The van der Waals surface area contributed by atoms with E-state index in [4.69, 9.17) is 4.74 Å². The Balaban J connectivity index is 2.41. The summed E-state index contributed by atoms with van der Waals surface area (Å²) in [5.74, 6) is 1.03. The molecule has 0 N–H and O–H groups in total. The highest BCUT2D eigenvalue weighted by atomic mass is 79.9. The van der Waals surface area contributed by atoms with Gasteiger partial charge in [0.1, 0.15) is 12.4 Å². The van der Waals surface area contributed by atoms with Crippen LogP contribution in [-0.2, 0) is 4.79 Å². The molecular formula is C14H20BrNO2.